The smallest absolute Gasteiger partial charge is 0.267 e. The molecule has 0 aliphatic heterocycles. The van der Waals surface area contributed by atoms with Gasteiger partial charge in [-0.15, -0.1) is 0 Å². The highest BCUT2D eigenvalue weighted by Crippen LogP contribution is 2.35. The molecule has 0 fully saturated rings. The van der Waals surface area contributed by atoms with Crippen LogP contribution in [0.5, 0.6) is 11.5 Å². The Morgan fingerprint density at radius 3 is 2.68 bits per heavy atom. The molecule has 37 heavy (non-hydrogen) atoms. The molecule has 188 valence electrons. The number of nitrogens with zero attached hydrogens (tertiary/aromatic N) is 1. The third-order valence-corrected chi connectivity index (χ3v) is 5.85. The van der Waals surface area contributed by atoms with Crippen molar-refractivity contribution in [2.45, 2.75) is 19.5 Å². The molecule has 3 aromatic carbocycles. The number of nitrogens with one attached hydrogen (secondary N) is 3. The molecule has 0 saturated heterocycles. The minimum absolute atomic E-state index is 0.00796. The van der Waals surface area contributed by atoms with Gasteiger partial charge in [0.25, 0.3) is 5.91 Å². The molecule has 5 N–H and O–H groups in total. The van der Waals surface area contributed by atoms with Gasteiger partial charge in [-0.1, -0.05) is 29.3 Å². The van der Waals surface area contributed by atoms with Crippen molar-refractivity contribution in [1.29, 1.82) is 5.26 Å². The van der Waals surface area contributed by atoms with E-state index in [1.807, 2.05) is 6.07 Å². The highest BCUT2D eigenvalue weighted by molar-refractivity contribution is 6.32. The molecule has 4 aromatic rings. The maximum absolute atomic E-state index is 15.2. The predicted molar refractivity (Wildman–Crippen MR) is 139 cm³/mol. The summed E-state index contributed by atoms with van der Waals surface area (Å²) in [5, 5.41) is 15.4. The zero-order valence-electron chi connectivity index (χ0n) is 19.4. The lowest BCUT2D eigenvalue weighted by molar-refractivity contribution is -0.117. The van der Waals surface area contributed by atoms with Gasteiger partial charge in [0.05, 0.1) is 22.7 Å². The molecule has 0 radical (unpaired) electrons. The van der Waals surface area contributed by atoms with Crippen LogP contribution < -0.4 is 21.1 Å². The van der Waals surface area contributed by atoms with E-state index in [4.69, 9.17) is 38.9 Å². The number of aromatic nitrogens is 1. The first-order valence-electron chi connectivity index (χ1n) is 11.0. The van der Waals surface area contributed by atoms with E-state index in [1.165, 1.54) is 30.3 Å². The van der Waals surface area contributed by atoms with Crippen molar-refractivity contribution < 1.29 is 18.7 Å². The van der Waals surface area contributed by atoms with Gasteiger partial charge < -0.3 is 26.1 Å². The second-order valence-electron chi connectivity index (χ2n) is 8.18. The molecule has 1 unspecified atom stereocenters. The first kappa shape index (κ1) is 26.0. The van der Waals surface area contributed by atoms with Gasteiger partial charge >= 0.3 is 0 Å². The number of aromatic amines is 1. The molecule has 0 aliphatic rings. The number of nitriles is 1. The van der Waals surface area contributed by atoms with Crippen molar-refractivity contribution >= 4 is 51.6 Å². The summed E-state index contributed by atoms with van der Waals surface area (Å²) in [5.41, 5.74) is 7.41. The first-order valence-corrected chi connectivity index (χ1v) is 11.7. The summed E-state index contributed by atoms with van der Waals surface area (Å²) >= 11 is 12.1. The standard InChI is InChI=1S/C26H20Cl2FN5O3/c1-13(31)25(35)33-18-3-5-21-16(8-18)9-22(34-21)26(36)32-12-15-2-4-20(28)24(23(15)29)37-19-7-14(11-30)6-17(27)10-19/h2-10,13,34H,12,31H2,1H3,(H,32,36)(H,33,35). The average Bonchev–Trinajstić information content (AvgIpc) is 3.29. The van der Waals surface area contributed by atoms with Crippen LogP contribution in [-0.2, 0) is 11.3 Å². The summed E-state index contributed by atoms with van der Waals surface area (Å²) in [7, 11) is 0. The maximum Gasteiger partial charge on any atom is 0.267 e. The number of amides is 2. The topological polar surface area (TPSA) is 133 Å². The van der Waals surface area contributed by atoms with Crippen LogP contribution in [0.2, 0.25) is 10.0 Å². The van der Waals surface area contributed by atoms with E-state index in [0.29, 0.717) is 16.6 Å². The first-order chi connectivity index (χ1) is 17.6. The summed E-state index contributed by atoms with van der Waals surface area (Å²) < 4.78 is 20.8. The van der Waals surface area contributed by atoms with Crippen molar-refractivity contribution in [3.8, 4) is 17.6 Å². The third-order valence-electron chi connectivity index (χ3n) is 5.34. The number of rotatable bonds is 7. The number of benzene rings is 3. The third kappa shape index (κ3) is 6.01. The predicted octanol–water partition coefficient (Wildman–Crippen LogP) is 5.49. The Bertz CT molecular complexity index is 1560. The molecule has 1 aromatic heterocycles. The Balaban J connectivity index is 1.49. The van der Waals surface area contributed by atoms with E-state index in [2.05, 4.69) is 15.6 Å². The van der Waals surface area contributed by atoms with Crippen LogP contribution in [0.1, 0.15) is 28.5 Å². The lowest BCUT2D eigenvalue weighted by atomic mass is 10.2. The normalized spacial score (nSPS) is 11.6. The molecule has 4 rings (SSSR count). The highest BCUT2D eigenvalue weighted by atomic mass is 35.5. The van der Waals surface area contributed by atoms with Gasteiger partial charge in [0.2, 0.25) is 5.91 Å². The average molecular weight is 540 g/mol. The Morgan fingerprint density at radius 1 is 1.16 bits per heavy atom. The molecule has 0 bridgehead atoms. The van der Waals surface area contributed by atoms with E-state index >= 15 is 4.39 Å². The van der Waals surface area contributed by atoms with Crippen LogP contribution >= 0.6 is 23.2 Å². The summed E-state index contributed by atoms with van der Waals surface area (Å²) in [6.07, 6.45) is 0. The van der Waals surface area contributed by atoms with Crippen LogP contribution in [0.15, 0.2) is 54.6 Å². The Kier molecular flexibility index (Phi) is 7.64. The van der Waals surface area contributed by atoms with Gasteiger partial charge in [-0.05, 0) is 55.5 Å². The van der Waals surface area contributed by atoms with E-state index in [9.17, 15) is 9.59 Å². The number of halogens is 3. The van der Waals surface area contributed by atoms with Gasteiger partial charge in [0.15, 0.2) is 11.6 Å². The Labute approximate surface area is 221 Å². The fourth-order valence-corrected chi connectivity index (χ4v) is 3.88. The summed E-state index contributed by atoms with van der Waals surface area (Å²) in [4.78, 5) is 27.6. The second-order valence-corrected chi connectivity index (χ2v) is 9.03. The SMILES string of the molecule is CC(N)C(=O)Nc1ccc2[nH]c(C(=O)NCc3ccc(Cl)c(Oc4cc(Cl)cc(C#N)c4)c3F)cc2c1. The van der Waals surface area contributed by atoms with E-state index in [0.717, 1.165) is 0 Å². The molecule has 1 atom stereocenters. The van der Waals surface area contributed by atoms with E-state index in [-0.39, 0.29) is 50.8 Å². The summed E-state index contributed by atoms with van der Waals surface area (Å²) in [6.45, 7) is 1.43. The van der Waals surface area contributed by atoms with Crippen LogP contribution in [0, 0.1) is 17.1 Å². The zero-order valence-corrected chi connectivity index (χ0v) is 20.9. The van der Waals surface area contributed by atoms with Crippen LogP contribution in [-0.4, -0.2) is 22.8 Å². The number of H-pyrrole nitrogens is 1. The number of hydrogen-bond donors (Lipinski definition) is 4. The highest BCUT2D eigenvalue weighted by Gasteiger charge is 2.17. The fourth-order valence-electron chi connectivity index (χ4n) is 3.47. The molecule has 2 amide bonds. The van der Waals surface area contributed by atoms with Crippen molar-refractivity contribution in [2.75, 3.05) is 5.32 Å². The summed E-state index contributed by atoms with van der Waals surface area (Å²) in [6, 6.07) is 15.2. The molecule has 0 aliphatic carbocycles. The van der Waals surface area contributed by atoms with Crippen molar-refractivity contribution in [2.24, 2.45) is 5.73 Å². The zero-order chi connectivity index (χ0) is 26.7. The Morgan fingerprint density at radius 2 is 1.95 bits per heavy atom. The number of ether oxygens (including phenoxy) is 1. The number of anilines is 1. The monoisotopic (exact) mass is 539 g/mol. The number of carbonyl (C=O) groups excluding carboxylic acids is 2. The Hall–Kier alpha value is -4.10. The summed E-state index contributed by atoms with van der Waals surface area (Å²) in [5.74, 6) is -1.69. The molecule has 0 saturated carbocycles. The number of hydrogen-bond acceptors (Lipinski definition) is 5. The molecular weight excluding hydrogens is 520 g/mol. The second kappa shape index (κ2) is 10.9. The van der Waals surface area contributed by atoms with Gasteiger partial charge in [0, 0.05) is 33.7 Å². The van der Waals surface area contributed by atoms with Gasteiger partial charge in [-0.3, -0.25) is 9.59 Å². The van der Waals surface area contributed by atoms with Gasteiger partial charge in [-0.2, -0.15) is 5.26 Å². The van der Waals surface area contributed by atoms with Crippen LogP contribution in [0.4, 0.5) is 10.1 Å². The minimum Gasteiger partial charge on any atom is -0.453 e. The number of nitrogens with two attached hydrogens (primary N) is 1. The quantitative estimate of drug-likeness (QED) is 0.246. The number of fused-ring (bicyclic) bond motifs is 1. The van der Waals surface area contributed by atoms with Crippen LogP contribution in [0.3, 0.4) is 0 Å². The molecule has 8 nitrogen and oxygen atoms in total. The van der Waals surface area contributed by atoms with Crippen molar-refractivity contribution in [3.63, 3.8) is 0 Å². The number of carbonyl (C=O) groups is 2. The lowest BCUT2D eigenvalue weighted by Gasteiger charge is -2.13. The fraction of sp³-hybridized carbons (Fsp3) is 0.115. The lowest BCUT2D eigenvalue weighted by Crippen LogP contribution is -2.32. The maximum atomic E-state index is 15.2. The molecular formula is C26H20Cl2FN5O3. The molecule has 1 heterocycles. The van der Waals surface area contributed by atoms with Crippen molar-refractivity contribution in [1.82, 2.24) is 10.3 Å². The van der Waals surface area contributed by atoms with Crippen molar-refractivity contribution in [3.05, 3.63) is 87.3 Å². The van der Waals surface area contributed by atoms with Gasteiger partial charge in [-0.25, -0.2) is 4.39 Å². The van der Waals surface area contributed by atoms with E-state index in [1.54, 1.807) is 31.2 Å². The minimum atomic E-state index is -0.766. The van der Waals surface area contributed by atoms with Crippen LogP contribution in [0.25, 0.3) is 10.9 Å². The van der Waals surface area contributed by atoms with Gasteiger partial charge in [0.1, 0.15) is 11.4 Å². The largest absolute Gasteiger partial charge is 0.453 e. The van der Waals surface area contributed by atoms with E-state index < -0.39 is 17.8 Å². The molecule has 0 spiro atoms. The molecule has 11 heteroatoms.